The number of piperidine rings is 1. The molecule has 17 heavy (non-hydrogen) atoms. The standard InChI is InChI=1S/C12H19N3O2/c1-3-17-12(16)11-6-9-15(13-11)10-4-7-14(2)8-5-10/h6,9-10H,3-5,7-8H2,1-2H3. The van der Waals surface area contributed by atoms with E-state index in [1.54, 1.807) is 13.0 Å². The van der Waals surface area contributed by atoms with Crippen LogP contribution < -0.4 is 0 Å². The molecule has 1 aliphatic heterocycles. The molecule has 2 rings (SSSR count). The molecule has 1 saturated heterocycles. The zero-order valence-corrected chi connectivity index (χ0v) is 10.4. The summed E-state index contributed by atoms with van der Waals surface area (Å²) in [4.78, 5) is 13.8. The van der Waals surface area contributed by atoms with Crippen LogP contribution in [0.25, 0.3) is 0 Å². The van der Waals surface area contributed by atoms with Crippen molar-refractivity contribution in [2.45, 2.75) is 25.8 Å². The van der Waals surface area contributed by atoms with E-state index in [0.717, 1.165) is 25.9 Å². The number of aromatic nitrogens is 2. The van der Waals surface area contributed by atoms with Gasteiger partial charge in [0.25, 0.3) is 0 Å². The molecule has 0 spiro atoms. The number of nitrogens with zero attached hydrogens (tertiary/aromatic N) is 3. The fraction of sp³-hybridized carbons (Fsp3) is 0.667. The number of rotatable bonds is 3. The van der Waals surface area contributed by atoms with Crippen LogP contribution in [0.2, 0.25) is 0 Å². The third-order valence-corrected chi connectivity index (χ3v) is 3.16. The Morgan fingerprint density at radius 3 is 2.88 bits per heavy atom. The summed E-state index contributed by atoms with van der Waals surface area (Å²) in [6, 6.07) is 2.14. The Morgan fingerprint density at radius 2 is 2.24 bits per heavy atom. The van der Waals surface area contributed by atoms with Crippen LogP contribution in [-0.2, 0) is 4.74 Å². The van der Waals surface area contributed by atoms with Gasteiger partial charge in [0.15, 0.2) is 5.69 Å². The zero-order valence-electron chi connectivity index (χ0n) is 10.4. The minimum absolute atomic E-state index is 0.334. The summed E-state index contributed by atoms with van der Waals surface area (Å²) >= 11 is 0. The van der Waals surface area contributed by atoms with Gasteiger partial charge in [0.05, 0.1) is 12.6 Å². The molecule has 0 unspecified atom stereocenters. The van der Waals surface area contributed by atoms with E-state index in [1.807, 2.05) is 10.9 Å². The van der Waals surface area contributed by atoms with Crippen molar-refractivity contribution in [3.8, 4) is 0 Å². The first-order valence-corrected chi connectivity index (χ1v) is 6.11. The first kappa shape index (κ1) is 12.1. The van der Waals surface area contributed by atoms with E-state index in [4.69, 9.17) is 4.74 Å². The minimum Gasteiger partial charge on any atom is -0.461 e. The molecule has 0 saturated carbocycles. The number of ether oxygens (including phenoxy) is 1. The summed E-state index contributed by atoms with van der Waals surface area (Å²) < 4.78 is 6.82. The quantitative estimate of drug-likeness (QED) is 0.744. The van der Waals surface area contributed by atoms with Gasteiger partial charge in [-0.25, -0.2) is 4.79 Å². The normalized spacial score (nSPS) is 18.2. The van der Waals surface area contributed by atoms with Crippen molar-refractivity contribution in [3.63, 3.8) is 0 Å². The summed E-state index contributed by atoms with van der Waals surface area (Å²) in [6.07, 6.45) is 4.04. The van der Waals surface area contributed by atoms with Crippen LogP contribution >= 0.6 is 0 Å². The minimum atomic E-state index is -0.334. The van der Waals surface area contributed by atoms with E-state index in [0.29, 0.717) is 18.3 Å². The molecule has 1 fully saturated rings. The van der Waals surface area contributed by atoms with Gasteiger partial charge >= 0.3 is 5.97 Å². The lowest BCUT2D eigenvalue weighted by Crippen LogP contribution is -2.31. The van der Waals surface area contributed by atoms with Gasteiger partial charge in [0, 0.05) is 6.20 Å². The summed E-state index contributed by atoms with van der Waals surface area (Å²) in [5, 5.41) is 4.30. The molecule has 0 aliphatic carbocycles. The SMILES string of the molecule is CCOC(=O)c1ccn(C2CCN(C)CC2)n1. The summed E-state index contributed by atoms with van der Waals surface area (Å²) in [5.41, 5.74) is 0.408. The molecule has 0 radical (unpaired) electrons. The number of esters is 1. The molecule has 2 heterocycles. The van der Waals surface area contributed by atoms with Gasteiger partial charge in [0.2, 0.25) is 0 Å². The Hall–Kier alpha value is -1.36. The van der Waals surface area contributed by atoms with E-state index >= 15 is 0 Å². The van der Waals surface area contributed by atoms with Gasteiger partial charge in [-0.1, -0.05) is 0 Å². The lowest BCUT2D eigenvalue weighted by Gasteiger charge is -2.28. The van der Waals surface area contributed by atoms with Crippen LogP contribution in [0.4, 0.5) is 0 Å². The van der Waals surface area contributed by atoms with Crippen molar-refractivity contribution in [3.05, 3.63) is 18.0 Å². The first-order chi connectivity index (χ1) is 8.20. The number of hydrogen-bond donors (Lipinski definition) is 0. The van der Waals surface area contributed by atoms with Gasteiger partial charge < -0.3 is 9.64 Å². The van der Waals surface area contributed by atoms with Crippen molar-refractivity contribution in [1.29, 1.82) is 0 Å². The smallest absolute Gasteiger partial charge is 0.358 e. The molecule has 0 bridgehead atoms. The Bertz CT molecular complexity index is 381. The molecule has 1 aromatic heterocycles. The van der Waals surface area contributed by atoms with Crippen LogP contribution in [0.5, 0.6) is 0 Å². The van der Waals surface area contributed by atoms with Crippen molar-refractivity contribution in [1.82, 2.24) is 14.7 Å². The fourth-order valence-corrected chi connectivity index (χ4v) is 2.11. The number of carbonyl (C=O) groups excluding carboxylic acids is 1. The second-order valence-electron chi connectivity index (χ2n) is 4.44. The maximum atomic E-state index is 11.5. The second kappa shape index (κ2) is 5.31. The van der Waals surface area contributed by atoms with E-state index in [1.165, 1.54) is 0 Å². The third kappa shape index (κ3) is 2.85. The highest BCUT2D eigenvalue weighted by Crippen LogP contribution is 2.20. The highest BCUT2D eigenvalue weighted by atomic mass is 16.5. The average molecular weight is 237 g/mol. The summed E-state index contributed by atoms with van der Waals surface area (Å²) in [7, 11) is 2.13. The van der Waals surface area contributed by atoms with Crippen molar-refractivity contribution < 1.29 is 9.53 Å². The predicted octanol–water partition coefficient (Wildman–Crippen LogP) is 1.33. The van der Waals surface area contributed by atoms with E-state index in [9.17, 15) is 4.79 Å². The highest BCUT2D eigenvalue weighted by Gasteiger charge is 2.20. The van der Waals surface area contributed by atoms with Crippen molar-refractivity contribution in [2.75, 3.05) is 26.7 Å². The van der Waals surface area contributed by atoms with E-state index < -0.39 is 0 Å². The Labute approximate surface area is 101 Å². The zero-order chi connectivity index (χ0) is 12.3. The molecule has 0 atom stereocenters. The number of hydrogen-bond acceptors (Lipinski definition) is 4. The molecule has 94 valence electrons. The monoisotopic (exact) mass is 237 g/mol. The molecular formula is C12H19N3O2. The molecule has 5 heteroatoms. The lowest BCUT2D eigenvalue weighted by atomic mass is 10.1. The van der Waals surface area contributed by atoms with Crippen LogP contribution in [0.15, 0.2) is 12.3 Å². The largest absolute Gasteiger partial charge is 0.461 e. The van der Waals surface area contributed by atoms with Crippen LogP contribution in [-0.4, -0.2) is 47.4 Å². The van der Waals surface area contributed by atoms with Crippen LogP contribution in [0.3, 0.4) is 0 Å². The van der Waals surface area contributed by atoms with Crippen LogP contribution in [0, 0.1) is 0 Å². The number of likely N-dealkylation sites (tertiary alicyclic amines) is 1. The number of carbonyl (C=O) groups is 1. The summed E-state index contributed by atoms with van der Waals surface area (Å²) in [6.45, 7) is 4.35. The van der Waals surface area contributed by atoms with E-state index in [2.05, 4.69) is 17.0 Å². The van der Waals surface area contributed by atoms with E-state index in [-0.39, 0.29) is 5.97 Å². The molecule has 0 amide bonds. The molecular weight excluding hydrogens is 218 g/mol. The van der Waals surface area contributed by atoms with Gasteiger partial charge in [-0.05, 0) is 46.0 Å². The molecule has 0 N–H and O–H groups in total. The van der Waals surface area contributed by atoms with Crippen LogP contribution in [0.1, 0.15) is 36.3 Å². The molecule has 0 aromatic carbocycles. The van der Waals surface area contributed by atoms with Gasteiger partial charge in [0.1, 0.15) is 0 Å². The second-order valence-corrected chi connectivity index (χ2v) is 4.44. The molecule has 5 nitrogen and oxygen atoms in total. The highest BCUT2D eigenvalue weighted by molar-refractivity contribution is 5.86. The van der Waals surface area contributed by atoms with Crippen molar-refractivity contribution in [2.24, 2.45) is 0 Å². The Kier molecular flexibility index (Phi) is 3.78. The third-order valence-electron chi connectivity index (χ3n) is 3.16. The van der Waals surface area contributed by atoms with Gasteiger partial charge in [-0.2, -0.15) is 5.10 Å². The fourth-order valence-electron chi connectivity index (χ4n) is 2.11. The predicted molar refractivity (Wildman–Crippen MR) is 64.0 cm³/mol. The van der Waals surface area contributed by atoms with Crippen molar-refractivity contribution >= 4 is 5.97 Å². The average Bonchev–Trinajstić information content (AvgIpc) is 2.80. The maximum absolute atomic E-state index is 11.5. The molecule has 1 aromatic rings. The lowest BCUT2D eigenvalue weighted by molar-refractivity contribution is 0.0517. The first-order valence-electron chi connectivity index (χ1n) is 6.11. The Morgan fingerprint density at radius 1 is 1.53 bits per heavy atom. The summed E-state index contributed by atoms with van der Waals surface area (Å²) in [5.74, 6) is -0.334. The topological polar surface area (TPSA) is 47.4 Å². The van der Waals surface area contributed by atoms with Gasteiger partial charge in [-0.3, -0.25) is 4.68 Å². The Balaban J connectivity index is 2.00. The molecule has 1 aliphatic rings. The van der Waals surface area contributed by atoms with Gasteiger partial charge in [-0.15, -0.1) is 0 Å². The maximum Gasteiger partial charge on any atom is 0.358 e.